The van der Waals surface area contributed by atoms with Gasteiger partial charge in [-0.25, -0.2) is 8.42 Å². The van der Waals surface area contributed by atoms with Crippen molar-refractivity contribution in [3.63, 3.8) is 0 Å². The predicted molar refractivity (Wildman–Crippen MR) is 132 cm³/mol. The Balaban J connectivity index is 1.27. The molecule has 178 valence electrons. The summed E-state index contributed by atoms with van der Waals surface area (Å²) in [5.41, 5.74) is 3.23. The van der Waals surface area contributed by atoms with Crippen LogP contribution >= 0.6 is 0 Å². The number of sulfonamides is 1. The highest BCUT2D eigenvalue weighted by molar-refractivity contribution is 7.89. The van der Waals surface area contributed by atoms with E-state index in [-0.39, 0.29) is 11.9 Å². The number of hydrogen-bond acceptors (Lipinski definition) is 3. The van der Waals surface area contributed by atoms with Crippen LogP contribution in [-0.2, 0) is 27.8 Å². The van der Waals surface area contributed by atoms with Crippen molar-refractivity contribution < 1.29 is 13.2 Å². The number of fused-ring (bicyclic) bond motifs is 1. The minimum absolute atomic E-state index is 0.0884. The standard InChI is InChI=1S/C27H31N3O3S/c31-26(30-21-20-28-17-7-10-25(28)27(30)23-8-3-1-4-9-23)16-13-22-11-14-24(15-12-22)34(32,33)29-18-5-2-6-19-29/h1,3-4,7-12,14-15,17,27H,2,5-6,13,16,18-21H2. The summed E-state index contributed by atoms with van der Waals surface area (Å²) >= 11 is 0. The lowest BCUT2D eigenvalue weighted by molar-refractivity contribution is -0.133. The first-order chi connectivity index (χ1) is 16.5. The van der Waals surface area contributed by atoms with Crippen molar-refractivity contribution in [2.24, 2.45) is 0 Å². The molecule has 0 bridgehead atoms. The lowest BCUT2D eigenvalue weighted by Crippen LogP contribution is -2.42. The molecule has 2 aromatic carbocycles. The lowest BCUT2D eigenvalue weighted by atomic mass is 9.99. The number of amides is 1. The van der Waals surface area contributed by atoms with Gasteiger partial charge < -0.3 is 9.47 Å². The molecule has 1 saturated heterocycles. The zero-order valence-corrected chi connectivity index (χ0v) is 20.2. The molecule has 1 unspecified atom stereocenters. The van der Waals surface area contributed by atoms with E-state index >= 15 is 0 Å². The Labute approximate surface area is 201 Å². The molecule has 5 rings (SSSR count). The van der Waals surface area contributed by atoms with Crippen molar-refractivity contribution in [2.45, 2.75) is 49.6 Å². The second kappa shape index (κ2) is 9.76. The monoisotopic (exact) mass is 477 g/mol. The van der Waals surface area contributed by atoms with Crippen molar-refractivity contribution in [2.75, 3.05) is 19.6 Å². The van der Waals surface area contributed by atoms with Crippen LogP contribution in [0.3, 0.4) is 0 Å². The minimum atomic E-state index is -3.43. The average molecular weight is 478 g/mol. The summed E-state index contributed by atoms with van der Waals surface area (Å²) < 4.78 is 29.6. The molecule has 0 saturated carbocycles. The Bertz CT molecular complexity index is 1230. The highest BCUT2D eigenvalue weighted by atomic mass is 32.2. The Morgan fingerprint density at radius 2 is 1.56 bits per heavy atom. The first-order valence-corrected chi connectivity index (χ1v) is 13.6. The van der Waals surface area contributed by atoms with Crippen LogP contribution < -0.4 is 0 Å². The third-order valence-electron chi connectivity index (χ3n) is 6.98. The molecule has 0 N–H and O–H groups in total. The number of benzene rings is 2. The summed E-state index contributed by atoms with van der Waals surface area (Å²) in [7, 11) is -3.43. The van der Waals surface area contributed by atoms with Crippen molar-refractivity contribution in [1.82, 2.24) is 13.8 Å². The van der Waals surface area contributed by atoms with Crippen LogP contribution in [0.15, 0.2) is 77.8 Å². The molecular weight excluding hydrogens is 446 g/mol. The summed E-state index contributed by atoms with van der Waals surface area (Å²) in [4.78, 5) is 15.7. The molecule has 0 spiro atoms. The number of aromatic nitrogens is 1. The molecule has 0 radical (unpaired) electrons. The molecule has 2 aliphatic heterocycles. The second-order valence-electron chi connectivity index (χ2n) is 9.14. The highest BCUT2D eigenvalue weighted by Crippen LogP contribution is 2.33. The highest BCUT2D eigenvalue weighted by Gasteiger charge is 2.31. The maximum Gasteiger partial charge on any atom is 0.243 e. The quantitative estimate of drug-likeness (QED) is 0.534. The second-order valence-corrected chi connectivity index (χ2v) is 11.1. The van der Waals surface area contributed by atoms with Gasteiger partial charge in [-0.1, -0.05) is 48.9 Å². The van der Waals surface area contributed by atoms with Crippen molar-refractivity contribution in [3.8, 4) is 0 Å². The maximum absolute atomic E-state index is 13.3. The fraction of sp³-hybridized carbons (Fsp3) is 0.370. The zero-order valence-electron chi connectivity index (χ0n) is 19.3. The number of carbonyl (C=O) groups is 1. The minimum Gasteiger partial charge on any atom is -0.348 e. The van der Waals surface area contributed by atoms with Gasteiger partial charge in [0.25, 0.3) is 0 Å². The van der Waals surface area contributed by atoms with Gasteiger partial charge in [0.15, 0.2) is 0 Å². The van der Waals surface area contributed by atoms with E-state index in [0.29, 0.717) is 37.4 Å². The molecule has 6 nitrogen and oxygen atoms in total. The summed E-state index contributed by atoms with van der Waals surface area (Å²) in [6.07, 6.45) is 5.99. The van der Waals surface area contributed by atoms with Gasteiger partial charge in [0.2, 0.25) is 15.9 Å². The Morgan fingerprint density at radius 1 is 0.824 bits per heavy atom. The summed E-state index contributed by atoms with van der Waals surface area (Å²) in [6.45, 7) is 2.66. The number of piperidine rings is 1. The summed E-state index contributed by atoms with van der Waals surface area (Å²) in [5.74, 6) is 0.117. The Hall–Kier alpha value is -2.90. The molecule has 1 fully saturated rings. The Morgan fingerprint density at radius 3 is 2.29 bits per heavy atom. The predicted octanol–water partition coefficient (Wildman–Crippen LogP) is 4.23. The molecule has 3 aromatic rings. The number of nitrogens with zero attached hydrogens (tertiary/aromatic N) is 3. The van der Waals surface area contributed by atoms with Crippen molar-refractivity contribution in [3.05, 3.63) is 89.7 Å². The van der Waals surface area contributed by atoms with Crippen LogP contribution in [-0.4, -0.2) is 47.7 Å². The number of aryl methyl sites for hydroxylation is 1. The summed E-state index contributed by atoms with van der Waals surface area (Å²) in [5, 5.41) is 0. The SMILES string of the molecule is O=C(CCc1ccc(S(=O)(=O)N2CCCCC2)cc1)N1CCn2cccc2C1c1ccccc1. The van der Waals surface area contributed by atoms with E-state index in [4.69, 9.17) is 0 Å². The average Bonchev–Trinajstić information content (AvgIpc) is 3.37. The van der Waals surface area contributed by atoms with Crippen molar-refractivity contribution >= 4 is 15.9 Å². The number of rotatable bonds is 6. The third kappa shape index (κ3) is 4.55. The summed E-state index contributed by atoms with van der Waals surface area (Å²) in [6, 6.07) is 21.3. The topological polar surface area (TPSA) is 62.6 Å². The molecule has 3 heterocycles. The molecule has 1 atom stereocenters. The van der Waals surface area contributed by atoms with Crippen LogP contribution in [0.4, 0.5) is 0 Å². The fourth-order valence-corrected chi connectivity index (χ4v) is 6.63. The van der Waals surface area contributed by atoms with Crippen LogP contribution in [0, 0.1) is 0 Å². The first kappa shape index (κ1) is 22.9. The largest absolute Gasteiger partial charge is 0.348 e. The van der Waals surface area contributed by atoms with E-state index in [9.17, 15) is 13.2 Å². The van der Waals surface area contributed by atoms with Gasteiger partial charge in [-0.2, -0.15) is 4.31 Å². The van der Waals surface area contributed by atoms with E-state index in [1.54, 1.807) is 16.4 Å². The van der Waals surface area contributed by atoms with Gasteiger partial charge in [0, 0.05) is 44.5 Å². The smallest absolute Gasteiger partial charge is 0.243 e. The normalized spacial score (nSPS) is 19.1. The van der Waals surface area contributed by atoms with Gasteiger partial charge in [-0.05, 0) is 54.7 Å². The van der Waals surface area contributed by atoms with E-state index in [0.717, 1.165) is 42.6 Å². The molecular formula is C27H31N3O3S. The maximum atomic E-state index is 13.3. The van der Waals surface area contributed by atoms with Crippen LogP contribution in [0.1, 0.15) is 48.5 Å². The van der Waals surface area contributed by atoms with Crippen LogP contribution in [0.25, 0.3) is 0 Å². The number of hydrogen-bond donors (Lipinski definition) is 0. The van der Waals surface area contributed by atoms with E-state index in [2.05, 4.69) is 29.0 Å². The molecule has 34 heavy (non-hydrogen) atoms. The van der Waals surface area contributed by atoms with Gasteiger partial charge in [-0.15, -0.1) is 0 Å². The van der Waals surface area contributed by atoms with E-state index < -0.39 is 10.0 Å². The fourth-order valence-electron chi connectivity index (χ4n) is 5.12. The zero-order chi connectivity index (χ0) is 23.5. The lowest BCUT2D eigenvalue weighted by Gasteiger charge is -2.37. The van der Waals surface area contributed by atoms with E-state index in [1.165, 1.54) is 0 Å². The first-order valence-electron chi connectivity index (χ1n) is 12.1. The number of carbonyl (C=O) groups excluding carboxylic acids is 1. The molecule has 7 heteroatoms. The molecule has 1 aromatic heterocycles. The van der Waals surface area contributed by atoms with Gasteiger partial charge in [0.1, 0.15) is 0 Å². The third-order valence-corrected chi connectivity index (χ3v) is 8.89. The van der Waals surface area contributed by atoms with Gasteiger partial charge in [0.05, 0.1) is 10.9 Å². The molecule has 0 aliphatic carbocycles. The molecule has 2 aliphatic rings. The van der Waals surface area contributed by atoms with Crippen molar-refractivity contribution in [1.29, 1.82) is 0 Å². The Kier molecular flexibility index (Phi) is 6.57. The van der Waals surface area contributed by atoms with Crippen LogP contribution in [0.2, 0.25) is 0 Å². The van der Waals surface area contributed by atoms with E-state index in [1.807, 2.05) is 41.3 Å². The molecule has 1 amide bonds. The van der Waals surface area contributed by atoms with Crippen LogP contribution in [0.5, 0.6) is 0 Å². The van der Waals surface area contributed by atoms with Gasteiger partial charge >= 0.3 is 0 Å². The van der Waals surface area contributed by atoms with Gasteiger partial charge in [-0.3, -0.25) is 4.79 Å².